The molecule has 2 heterocycles. The highest BCUT2D eigenvalue weighted by Gasteiger charge is 2.38. The predicted octanol–water partition coefficient (Wildman–Crippen LogP) is 4.81. The van der Waals surface area contributed by atoms with Crippen LogP contribution >= 0.6 is 23.2 Å². The van der Waals surface area contributed by atoms with Crippen molar-refractivity contribution >= 4 is 39.3 Å². The number of carbonyl (C=O) groups is 1. The van der Waals surface area contributed by atoms with Crippen LogP contribution in [0.4, 0.5) is 13.6 Å². The second-order valence-electron chi connectivity index (χ2n) is 6.94. The fraction of sp³-hybridized carbons (Fsp3) is 0.350. The second-order valence-corrected chi connectivity index (χ2v) is 9.51. The zero-order valence-electron chi connectivity index (χ0n) is 16.5. The molecule has 0 unspecified atom stereocenters. The molecule has 3 rings (SSSR count). The van der Waals surface area contributed by atoms with Gasteiger partial charge in [-0.25, -0.2) is 22.0 Å². The van der Waals surface area contributed by atoms with Crippen LogP contribution in [-0.4, -0.2) is 49.5 Å². The number of halogens is 4. The smallest absolute Gasteiger partial charge is 0.414 e. The Hall–Kier alpha value is -1.94. The molecule has 0 aliphatic carbocycles. The third-order valence-electron chi connectivity index (χ3n) is 5.19. The summed E-state index contributed by atoms with van der Waals surface area (Å²) in [6.07, 6.45) is 5.13. The average molecular weight is 493 g/mol. The summed E-state index contributed by atoms with van der Waals surface area (Å²) in [5, 5.41) is -0.496. The van der Waals surface area contributed by atoms with E-state index in [1.165, 1.54) is 10.4 Å². The second kappa shape index (κ2) is 9.68. The molecule has 168 valence electrons. The van der Waals surface area contributed by atoms with Gasteiger partial charge in [0, 0.05) is 30.2 Å². The van der Waals surface area contributed by atoms with Gasteiger partial charge >= 0.3 is 6.09 Å². The number of cyclic esters (lactones) is 1. The topological polar surface area (TPSA) is 66.9 Å². The Bertz CT molecular complexity index is 1070. The van der Waals surface area contributed by atoms with Crippen LogP contribution in [0.1, 0.15) is 19.8 Å². The zero-order valence-corrected chi connectivity index (χ0v) is 18.9. The van der Waals surface area contributed by atoms with Gasteiger partial charge in [-0.3, -0.25) is 4.90 Å². The van der Waals surface area contributed by atoms with Gasteiger partial charge in [0.15, 0.2) is 0 Å². The summed E-state index contributed by atoms with van der Waals surface area (Å²) in [4.78, 5) is 13.2. The SMILES string of the molecule is C/C=C1/COC(=O)N(C2CCN(S(=O)(=O)c3cc(F)c(Cl)cc3F)CC2)/C1=C/C=C/Cl. The molecule has 0 aromatic heterocycles. The van der Waals surface area contributed by atoms with Gasteiger partial charge in [-0.2, -0.15) is 4.31 Å². The maximum Gasteiger partial charge on any atom is 0.414 e. The van der Waals surface area contributed by atoms with Crippen molar-refractivity contribution in [2.24, 2.45) is 0 Å². The van der Waals surface area contributed by atoms with E-state index >= 15 is 0 Å². The summed E-state index contributed by atoms with van der Waals surface area (Å²) >= 11 is 11.1. The van der Waals surface area contributed by atoms with E-state index in [9.17, 15) is 22.0 Å². The lowest BCUT2D eigenvalue weighted by atomic mass is 10.0. The van der Waals surface area contributed by atoms with Crippen LogP contribution in [0, 0.1) is 11.6 Å². The van der Waals surface area contributed by atoms with Gasteiger partial charge in [0.2, 0.25) is 10.0 Å². The highest BCUT2D eigenvalue weighted by atomic mass is 35.5. The van der Waals surface area contributed by atoms with E-state index < -0.39 is 37.7 Å². The number of amides is 1. The van der Waals surface area contributed by atoms with Gasteiger partial charge in [-0.1, -0.05) is 29.3 Å². The molecule has 0 bridgehead atoms. The molecule has 1 aromatic carbocycles. The molecule has 1 aromatic rings. The first-order valence-electron chi connectivity index (χ1n) is 9.44. The Morgan fingerprint density at radius 2 is 1.87 bits per heavy atom. The number of benzene rings is 1. The summed E-state index contributed by atoms with van der Waals surface area (Å²) in [5.74, 6) is -2.14. The minimum absolute atomic E-state index is 0.0181. The van der Waals surface area contributed by atoms with Gasteiger partial charge < -0.3 is 4.74 Å². The van der Waals surface area contributed by atoms with Crippen LogP contribution in [0.3, 0.4) is 0 Å². The van der Waals surface area contributed by atoms with Crippen molar-refractivity contribution in [3.63, 3.8) is 0 Å². The number of hydrogen-bond acceptors (Lipinski definition) is 4. The Morgan fingerprint density at radius 3 is 2.48 bits per heavy atom. The van der Waals surface area contributed by atoms with Crippen LogP contribution in [0.2, 0.25) is 5.02 Å². The largest absolute Gasteiger partial charge is 0.444 e. The Balaban J connectivity index is 1.82. The quantitative estimate of drug-likeness (QED) is 0.565. The van der Waals surface area contributed by atoms with Crippen molar-refractivity contribution in [3.8, 4) is 0 Å². The fourth-order valence-corrected chi connectivity index (χ4v) is 5.36. The molecule has 11 heteroatoms. The predicted molar refractivity (Wildman–Crippen MR) is 113 cm³/mol. The minimum atomic E-state index is -4.27. The molecular formula is C20H20Cl2F2N2O4S. The highest BCUT2D eigenvalue weighted by Crippen LogP contribution is 2.32. The molecule has 2 fully saturated rings. The van der Waals surface area contributed by atoms with Crippen LogP contribution in [-0.2, 0) is 14.8 Å². The molecule has 31 heavy (non-hydrogen) atoms. The first kappa shape index (κ1) is 23.7. The first-order valence-corrected chi connectivity index (χ1v) is 11.7. The van der Waals surface area contributed by atoms with Crippen molar-refractivity contribution in [1.29, 1.82) is 0 Å². The van der Waals surface area contributed by atoms with Gasteiger partial charge in [0.1, 0.15) is 23.1 Å². The summed E-state index contributed by atoms with van der Waals surface area (Å²) in [6, 6.07) is 0.884. The summed E-state index contributed by atoms with van der Waals surface area (Å²) in [6.45, 7) is 1.98. The highest BCUT2D eigenvalue weighted by molar-refractivity contribution is 7.89. The third-order valence-corrected chi connectivity index (χ3v) is 7.54. The number of rotatable bonds is 4. The normalized spacial score (nSPS) is 22.0. The maximum atomic E-state index is 14.2. The van der Waals surface area contributed by atoms with Gasteiger partial charge in [0.25, 0.3) is 0 Å². The van der Waals surface area contributed by atoms with Crippen molar-refractivity contribution in [2.75, 3.05) is 19.7 Å². The van der Waals surface area contributed by atoms with Crippen molar-refractivity contribution in [1.82, 2.24) is 9.21 Å². The van der Waals surface area contributed by atoms with Crippen molar-refractivity contribution < 1.29 is 26.7 Å². The number of sulfonamides is 1. The molecule has 1 amide bonds. The molecular weight excluding hydrogens is 473 g/mol. The number of ether oxygens (including phenoxy) is 1. The molecule has 2 aliphatic heterocycles. The molecule has 6 nitrogen and oxygen atoms in total. The molecule has 0 atom stereocenters. The molecule has 2 aliphatic rings. The lowest BCUT2D eigenvalue weighted by molar-refractivity contribution is 0.0819. The van der Waals surface area contributed by atoms with E-state index in [4.69, 9.17) is 27.9 Å². The molecule has 0 saturated carbocycles. The van der Waals surface area contributed by atoms with Crippen LogP contribution < -0.4 is 0 Å². The van der Waals surface area contributed by atoms with E-state index in [1.54, 1.807) is 12.2 Å². The first-order chi connectivity index (χ1) is 14.7. The average Bonchev–Trinajstić information content (AvgIpc) is 2.74. The van der Waals surface area contributed by atoms with Crippen LogP contribution in [0.15, 0.2) is 52.1 Å². The van der Waals surface area contributed by atoms with E-state index in [0.717, 1.165) is 9.88 Å². The number of piperidine rings is 1. The Morgan fingerprint density at radius 1 is 1.19 bits per heavy atom. The monoisotopic (exact) mass is 492 g/mol. The standard InChI is InChI=1S/C20H20Cl2F2N2O4S/c1-2-13-12-30-20(27)26(18(13)4-3-7-21)14-5-8-25(9-6-14)31(28,29)19-11-16(23)15(22)10-17(19)24/h2-4,7,10-11,14H,5-6,8-9,12H2,1H3/b7-3+,13-2-,18-4+. The molecule has 0 spiro atoms. The Kier molecular flexibility index (Phi) is 7.41. The number of carbonyl (C=O) groups excluding carboxylic acids is 1. The number of nitrogens with zero attached hydrogens (tertiary/aromatic N) is 2. The van der Waals surface area contributed by atoms with E-state index in [-0.39, 0.29) is 38.6 Å². The summed E-state index contributed by atoms with van der Waals surface area (Å²) in [5.41, 5.74) is 2.74. The summed E-state index contributed by atoms with van der Waals surface area (Å²) < 4.78 is 60.0. The van der Waals surface area contributed by atoms with Gasteiger partial charge in [-0.05, 0) is 44.1 Å². The van der Waals surface area contributed by atoms with E-state index in [0.29, 0.717) is 17.8 Å². The van der Waals surface area contributed by atoms with Crippen LogP contribution in [0.25, 0.3) is 0 Å². The summed E-state index contributed by atoms with van der Waals surface area (Å²) in [7, 11) is -4.27. The molecule has 0 radical (unpaired) electrons. The lowest BCUT2D eigenvalue weighted by Gasteiger charge is -2.40. The van der Waals surface area contributed by atoms with Gasteiger partial charge in [-0.15, -0.1) is 0 Å². The van der Waals surface area contributed by atoms with E-state index in [2.05, 4.69) is 0 Å². The third kappa shape index (κ3) is 4.79. The van der Waals surface area contributed by atoms with E-state index in [1.807, 2.05) is 13.0 Å². The molecule has 0 N–H and O–H groups in total. The number of allylic oxidation sites excluding steroid dienone is 3. The fourth-order valence-electron chi connectivity index (χ4n) is 3.61. The lowest BCUT2D eigenvalue weighted by Crippen LogP contribution is -2.50. The number of hydrogen-bond donors (Lipinski definition) is 0. The zero-order chi connectivity index (χ0) is 22.8. The van der Waals surface area contributed by atoms with Crippen molar-refractivity contribution in [2.45, 2.75) is 30.7 Å². The van der Waals surface area contributed by atoms with Crippen LogP contribution in [0.5, 0.6) is 0 Å². The van der Waals surface area contributed by atoms with Crippen molar-refractivity contribution in [3.05, 3.63) is 63.8 Å². The minimum Gasteiger partial charge on any atom is -0.444 e. The van der Waals surface area contributed by atoms with Gasteiger partial charge in [0.05, 0.1) is 10.7 Å². The molecule has 2 saturated heterocycles. The Labute approximate surface area is 189 Å². The maximum absolute atomic E-state index is 14.2.